The van der Waals surface area contributed by atoms with Gasteiger partial charge in [-0.3, -0.25) is 9.63 Å². The summed E-state index contributed by atoms with van der Waals surface area (Å²) in [5, 5.41) is -0.245. The second-order valence-electron chi connectivity index (χ2n) is 6.49. The summed E-state index contributed by atoms with van der Waals surface area (Å²) in [6.45, 7) is 0.632. The van der Waals surface area contributed by atoms with Crippen LogP contribution in [-0.2, 0) is 26.3 Å². The lowest BCUT2D eigenvalue weighted by Gasteiger charge is -2.30. The maximum absolute atomic E-state index is 13.3. The van der Waals surface area contributed by atoms with Crippen molar-refractivity contribution in [1.29, 1.82) is 0 Å². The first-order valence-electron chi connectivity index (χ1n) is 8.78. The van der Waals surface area contributed by atoms with E-state index in [-0.39, 0.29) is 41.4 Å². The first-order chi connectivity index (χ1) is 13.4. The molecular formula is C19H20ClFN2O4S. The van der Waals surface area contributed by atoms with Crippen LogP contribution in [0.1, 0.15) is 18.4 Å². The molecule has 0 radical (unpaired) electrons. The standard InChI is InChI=1S/C19H20ClFN2O4S/c20-17-12-16(6-7-18(17)21)28(25,26)23-10-8-15(9-11-23)19(24)22-27-13-14-4-2-1-3-5-14/h1-7,12,15H,8-11,13H2,(H,22,24). The van der Waals surface area contributed by atoms with Crippen molar-refractivity contribution in [2.45, 2.75) is 24.3 Å². The number of benzene rings is 2. The number of carbonyl (C=O) groups is 1. The van der Waals surface area contributed by atoms with E-state index in [2.05, 4.69) is 5.48 Å². The Labute approximate surface area is 168 Å². The molecule has 1 N–H and O–H groups in total. The molecule has 3 rings (SSSR count). The number of hydrogen-bond donors (Lipinski definition) is 1. The molecule has 0 aliphatic carbocycles. The molecule has 150 valence electrons. The SMILES string of the molecule is O=C(NOCc1ccccc1)C1CCN(S(=O)(=O)c2ccc(F)c(Cl)c2)CC1. The van der Waals surface area contributed by atoms with Crippen molar-refractivity contribution in [3.8, 4) is 0 Å². The lowest BCUT2D eigenvalue weighted by Crippen LogP contribution is -2.43. The Hall–Kier alpha value is -2.00. The predicted octanol–water partition coefficient (Wildman–Crippen LogP) is 3.13. The molecule has 0 aromatic heterocycles. The Morgan fingerprint density at radius 3 is 2.50 bits per heavy atom. The van der Waals surface area contributed by atoms with Gasteiger partial charge in [0, 0.05) is 19.0 Å². The van der Waals surface area contributed by atoms with E-state index < -0.39 is 15.8 Å². The van der Waals surface area contributed by atoms with Gasteiger partial charge in [-0.1, -0.05) is 41.9 Å². The largest absolute Gasteiger partial charge is 0.272 e. The fraction of sp³-hybridized carbons (Fsp3) is 0.316. The molecule has 1 heterocycles. The topological polar surface area (TPSA) is 75.7 Å². The van der Waals surface area contributed by atoms with Gasteiger partial charge in [-0.25, -0.2) is 18.3 Å². The first-order valence-corrected chi connectivity index (χ1v) is 10.6. The zero-order chi connectivity index (χ0) is 20.1. The van der Waals surface area contributed by atoms with E-state index in [4.69, 9.17) is 16.4 Å². The number of rotatable bonds is 6. The zero-order valence-electron chi connectivity index (χ0n) is 15.0. The molecule has 1 amide bonds. The predicted molar refractivity (Wildman–Crippen MR) is 102 cm³/mol. The second-order valence-corrected chi connectivity index (χ2v) is 8.84. The van der Waals surface area contributed by atoms with Crippen molar-refractivity contribution < 1.29 is 22.4 Å². The Kier molecular flexibility index (Phi) is 6.66. The van der Waals surface area contributed by atoms with Gasteiger partial charge in [-0.2, -0.15) is 4.31 Å². The van der Waals surface area contributed by atoms with Gasteiger partial charge in [0.25, 0.3) is 0 Å². The summed E-state index contributed by atoms with van der Waals surface area (Å²) in [7, 11) is -3.78. The van der Waals surface area contributed by atoms with Gasteiger partial charge in [0.2, 0.25) is 15.9 Å². The van der Waals surface area contributed by atoms with E-state index in [1.807, 2.05) is 30.3 Å². The highest BCUT2D eigenvalue weighted by Gasteiger charge is 2.32. The normalized spacial score (nSPS) is 16.1. The molecule has 0 spiro atoms. The van der Waals surface area contributed by atoms with Crippen LogP contribution < -0.4 is 5.48 Å². The lowest BCUT2D eigenvalue weighted by atomic mass is 9.98. The average molecular weight is 427 g/mol. The third-order valence-electron chi connectivity index (χ3n) is 4.61. The van der Waals surface area contributed by atoms with E-state index in [1.54, 1.807) is 0 Å². The highest BCUT2D eigenvalue weighted by molar-refractivity contribution is 7.89. The molecule has 1 aliphatic heterocycles. The van der Waals surface area contributed by atoms with Crippen molar-refractivity contribution in [1.82, 2.24) is 9.79 Å². The van der Waals surface area contributed by atoms with Crippen LogP contribution in [0, 0.1) is 11.7 Å². The number of piperidine rings is 1. The number of amides is 1. The van der Waals surface area contributed by atoms with Crippen molar-refractivity contribution in [2.24, 2.45) is 5.92 Å². The highest BCUT2D eigenvalue weighted by atomic mass is 35.5. The van der Waals surface area contributed by atoms with Gasteiger partial charge in [-0.15, -0.1) is 0 Å². The molecule has 6 nitrogen and oxygen atoms in total. The van der Waals surface area contributed by atoms with E-state index >= 15 is 0 Å². The van der Waals surface area contributed by atoms with Gasteiger partial charge in [-0.05, 0) is 36.6 Å². The Bertz CT molecular complexity index is 932. The Morgan fingerprint density at radius 1 is 1.18 bits per heavy atom. The number of sulfonamides is 1. The molecule has 2 aromatic rings. The van der Waals surface area contributed by atoms with Crippen molar-refractivity contribution >= 4 is 27.5 Å². The average Bonchev–Trinajstić information content (AvgIpc) is 2.71. The number of hydrogen-bond acceptors (Lipinski definition) is 4. The van der Waals surface area contributed by atoms with Crippen molar-refractivity contribution in [2.75, 3.05) is 13.1 Å². The van der Waals surface area contributed by atoms with Crippen LogP contribution in [0.2, 0.25) is 5.02 Å². The Morgan fingerprint density at radius 2 is 1.86 bits per heavy atom. The summed E-state index contributed by atoms with van der Waals surface area (Å²) < 4.78 is 39.9. The smallest absolute Gasteiger partial charge is 0.246 e. The van der Waals surface area contributed by atoms with Crippen LogP contribution in [0.3, 0.4) is 0 Å². The maximum atomic E-state index is 13.3. The zero-order valence-corrected chi connectivity index (χ0v) is 16.5. The van der Waals surface area contributed by atoms with Crippen LogP contribution in [0.25, 0.3) is 0 Å². The van der Waals surface area contributed by atoms with Crippen molar-refractivity contribution in [3.05, 3.63) is 64.9 Å². The fourth-order valence-corrected chi connectivity index (χ4v) is 4.73. The van der Waals surface area contributed by atoms with Crippen LogP contribution in [0.15, 0.2) is 53.4 Å². The van der Waals surface area contributed by atoms with Crippen LogP contribution in [0.4, 0.5) is 4.39 Å². The third kappa shape index (κ3) is 4.88. The van der Waals surface area contributed by atoms with E-state index in [0.717, 1.165) is 17.7 Å². The van der Waals surface area contributed by atoms with E-state index in [0.29, 0.717) is 12.8 Å². The minimum Gasteiger partial charge on any atom is -0.272 e. The monoisotopic (exact) mass is 426 g/mol. The highest BCUT2D eigenvalue weighted by Crippen LogP contribution is 2.26. The third-order valence-corrected chi connectivity index (χ3v) is 6.79. The fourth-order valence-electron chi connectivity index (χ4n) is 2.99. The Balaban J connectivity index is 1.52. The molecule has 0 saturated carbocycles. The summed E-state index contributed by atoms with van der Waals surface area (Å²) in [5.74, 6) is -1.27. The van der Waals surface area contributed by atoms with E-state index in [1.165, 1.54) is 10.4 Å². The number of hydroxylamine groups is 1. The molecule has 1 aliphatic rings. The van der Waals surface area contributed by atoms with Gasteiger partial charge in [0.05, 0.1) is 16.5 Å². The molecular weight excluding hydrogens is 407 g/mol. The molecule has 0 bridgehead atoms. The van der Waals surface area contributed by atoms with Crippen LogP contribution >= 0.6 is 11.6 Å². The number of nitrogens with zero attached hydrogens (tertiary/aromatic N) is 1. The summed E-state index contributed by atoms with van der Waals surface area (Å²) >= 11 is 5.69. The maximum Gasteiger partial charge on any atom is 0.246 e. The first kappa shape index (κ1) is 20.7. The summed E-state index contributed by atoms with van der Waals surface area (Å²) in [5.41, 5.74) is 3.37. The minimum atomic E-state index is -3.78. The lowest BCUT2D eigenvalue weighted by molar-refractivity contribution is -0.140. The summed E-state index contributed by atoms with van der Waals surface area (Å²) in [6.07, 6.45) is 0.739. The minimum absolute atomic E-state index is 0.0620. The molecule has 1 saturated heterocycles. The van der Waals surface area contributed by atoms with Gasteiger partial charge < -0.3 is 0 Å². The van der Waals surface area contributed by atoms with Crippen LogP contribution in [0.5, 0.6) is 0 Å². The molecule has 28 heavy (non-hydrogen) atoms. The summed E-state index contributed by atoms with van der Waals surface area (Å²) in [4.78, 5) is 17.4. The van der Waals surface area contributed by atoms with Crippen molar-refractivity contribution in [3.63, 3.8) is 0 Å². The van der Waals surface area contributed by atoms with Crippen LogP contribution in [-0.4, -0.2) is 31.7 Å². The quantitative estimate of drug-likeness (QED) is 0.720. The number of carbonyl (C=O) groups excluding carboxylic acids is 1. The molecule has 0 unspecified atom stereocenters. The number of halogens is 2. The molecule has 2 aromatic carbocycles. The van der Waals surface area contributed by atoms with E-state index in [9.17, 15) is 17.6 Å². The molecule has 9 heteroatoms. The summed E-state index contributed by atoms with van der Waals surface area (Å²) in [6, 6.07) is 12.7. The second kappa shape index (κ2) is 9.00. The molecule has 1 fully saturated rings. The van der Waals surface area contributed by atoms with Gasteiger partial charge in [0.15, 0.2) is 0 Å². The van der Waals surface area contributed by atoms with Gasteiger partial charge >= 0.3 is 0 Å². The van der Waals surface area contributed by atoms with Gasteiger partial charge in [0.1, 0.15) is 5.82 Å². The molecule has 0 atom stereocenters. The number of nitrogens with one attached hydrogen (secondary N) is 1.